The monoisotopic (exact) mass is 663 g/mol. The Hall–Kier alpha value is -4.62. The molecule has 3 unspecified atom stereocenters. The van der Waals surface area contributed by atoms with E-state index in [0.717, 1.165) is 17.8 Å². The van der Waals surface area contributed by atoms with Gasteiger partial charge in [-0.1, -0.05) is 137 Å². The molecule has 0 N–H and O–H groups in total. The molecule has 4 aliphatic rings. The molecule has 0 aromatic heterocycles. The fourth-order valence-electron chi connectivity index (χ4n) is 11.0. The maximum atomic E-state index is 2.56. The van der Waals surface area contributed by atoms with E-state index < -0.39 is 0 Å². The van der Waals surface area contributed by atoms with Gasteiger partial charge >= 0.3 is 0 Å². The van der Waals surface area contributed by atoms with Crippen LogP contribution in [0.4, 0.5) is 17.1 Å². The molecule has 1 nitrogen and oxygen atoms in total. The molecule has 0 aliphatic heterocycles. The third-order valence-corrected chi connectivity index (χ3v) is 13.5. The quantitative estimate of drug-likeness (QED) is 0.171. The molecule has 0 spiro atoms. The molecule has 0 amide bonds. The normalized spacial score (nSPS) is 21.9. The number of anilines is 3. The van der Waals surface area contributed by atoms with Gasteiger partial charge in [-0.3, -0.25) is 0 Å². The Kier molecular flexibility index (Phi) is 7.49. The maximum Gasteiger partial charge on any atom is 0.0546 e. The molecule has 3 atom stereocenters. The molecule has 4 aliphatic carbocycles. The number of hydrogen-bond donors (Lipinski definition) is 0. The second-order valence-electron chi connectivity index (χ2n) is 16.7. The molecule has 51 heavy (non-hydrogen) atoms. The maximum absolute atomic E-state index is 2.56. The highest BCUT2D eigenvalue weighted by molar-refractivity contribution is 6.05. The molecule has 1 heteroatoms. The highest BCUT2D eigenvalue weighted by Crippen LogP contribution is 2.56. The minimum atomic E-state index is -0.0751. The lowest BCUT2D eigenvalue weighted by Crippen LogP contribution is -2.17. The second kappa shape index (κ2) is 12.3. The van der Waals surface area contributed by atoms with Gasteiger partial charge in [0.15, 0.2) is 0 Å². The predicted molar refractivity (Wildman–Crippen MR) is 216 cm³/mol. The molecule has 3 saturated carbocycles. The van der Waals surface area contributed by atoms with E-state index in [0.29, 0.717) is 5.92 Å². The van der Waals surface area contributed by atoms with Crippen LogP contribution in [0.15, 0.2) is 127 Å². The van der Waals surface area contributed by atoms with Gasteiger partial charge in [-0.05, 0) is 136 Å². The van der Waals surface area contributed by atoms with E-state index in [1.165, 1.54) is 125 Å². The second-order valence-corrected chi connectivity index (χ2v) is 16.7. The van der Waals surface area contributed by atoms with Crippen LogP contribution in [0, 0.1) is 11.8 Å². The van der Waals surface area contributed by atoms with E-state index in [1.807, 2.05) is 0 Å². The van der Waals surface area contributed by atoms with Gasteiger partial charge in [0.25, 0.3) is 0 Å². The zero-order chi connectivity index (χ0) is 34.1. The summed E-state index contributed by atoms with van der Waals surface area (Å²) in [5, 5.41) is 2.56. The number of fused-ring (bicyclic) bond motifs is 6. The van der Waals surface area contributed by atoms with Crippen LogP contribution in [0.5, 0.6) is 0 Å². The van der Waals surface area contributed by atoms with E-state index in [4.69, 9.17) is 0 Å². The summed E-state index contributed by atoms with van der Waals surface area (Å²) >= 11 is 0. The van der Waals surface area contributed by atoms with E-state index in [-0.39, 0.29) is 5.41 Å². The fourth-order valence-corrected chi connectivity index (χ4v) is 11.0. The van der Waals surface area contributed by atoms with Gasteiger partial charge in [0.2, 0.25) is 0 Å². The first kappa shape index (κ1) is 31.1. The lowest BCUT2D eigenvalue weighted by molar-refractivity contribution is 0.420. The largest absolute Gasteiger partial charge is 0.310 e. The van der Waals surface area contributed by atoms with Gasteiger partial charge in [0, 0.05) is 22.4 Å². The fraction of sp³-hybridized carbons (Fsp3) is 0.320. The molecular weight excluding hydrogens is 615 g/mol. The highest BCUT2D eigenvalue weighted by Gasteiger charge is 2.41. The van der Waals surface area contributed by atoms with Crippen molar-refractivity contribution in [3.8, 4) is 22.3 Å². The summed E-state index contributed by atoms with van der Waals surface area (Å²) < 4.78 is 0. The van der Waals surface area contributed by atoms with Crippen molar-refractivity contribution in [1.82, 2.24) is 0 Å². The SMILES string of the molecule is CC1(C)c2cc(N(c3ccc(C4CC5CCC4C5)cc3)c3ccc4ccccc4c3-c3ccccc3)ccc2-c2c(C3CCCCC3)cccc21. The Balaban J connectivity index is 1.16. The van der Waals surface area contributed by atoms with E-state index in [1.54, 1.807) is 5.56 Å². The third kappa shape index (κ3) is 5.10. The molecule has 0 heterocycles. The summed E-state index contributed by atoms with van der Waals surface area (Å²) in [7, 11) is 0. The van der Waals surface area contributed by atoms with Crippen LogP contribution >= 0.6 is 0 Å². The van der Waals surface area contributed by atoms with Gasteiger partial charge in [0.1, 0.15) is 0 Å². The minimum absolute atomic E-state index is 0.0751. The number of benzene rings is 6. The summed E-state index contributed by atoms with van der Waals surface area (Å²) in [6.07, 6.45) is 12.4. The average Bonchev–Trinajstić information content (AvgIpc) is 3.89. The molecule has 0 radical (unpaired) electrons. The van der Waals surface area contributed by atoms with Gasteiger partial charge in [-0.25, -0.2) is 0 Å². The first-order valence-electron chi connectivity index (χ1n) is 19.8. The molecule has 6 aromatic carbocycles. The lowest BCUT2D eigenvalue weighted by Gasteiger charge is -2.31. The first-order valence-corrected chi connectivity index (χ1v) is 19.8. The lowest BCUT2D eigenvalue weighted by atomic mass is 9.78. The van der Waals surface area contributed by atoms with E-state index in [9.17, 15) is 0 Å². The standard InChI is InChI=1S/C50H49N/c1-50(2)45-19-11-18-42(34-12-5-3-6-13-34)49(45)43-28-27-40(32-46(43)50)51(39-25-22-36(23-26-39)44-31-33-20-21-38(44)30-33)47-29-24-35-14-9-10-17-41(35)48(47)37-15-7-4-8-16-37/h4,7-11,14-19,22-29,32-34,38,44H,3,5-6,12-13,20-21,30-31H2,1-2H3. The molecule has 10 rings (SSSR count). The van der Waals surface area contributed by atoms with Gasteiger partial charge in [0.05, 0.1) is 5.69 Å². The first-order chi connectivity index (χ1) is 25.0. The number of nitrogens with zero attached hydrogens (tertiary/aromatic N) is 1. The number of hydrogen-bond acceptors (Lipinski definition) is 1. The zero-order valence-electron chi connectivity index (χ0n) is 30.2. The minimum Gasteiger partial charge on any atom is -0.310 e. The van der Waals surface area contributed by atoms with Crippen LogP contribution in [-0.2, 0) is 5.41 Å². The molecule has 2 bridgehead atoms. The van der Waals surface area contributed by atoms with Crippen LogP contribution in [0.1, 0.15) is 106 Å². The van der Waals surface area contributed by atoms with Crippen molar-refractivity contribution in [2.75, 3.05) is 4.90 Å². The summed E-state index contributed by atoms with van der Waals surface area (Å²) in [5.74, 6) is 3.22. The molecule has 6 aromatic rings. The summed E-state index contributed by atoms with van der Waals surface area (Å²) in [6, 6.07) is 48.9. The average molecular weight is 664 g/mol. The summed E-state index contributed by atoms with van der Waals surface area (Å²) in [4.78, 5) is 2.56. The van der Waals surface area contributed by atoms with E-state index >= 15 is 0 Å². The van der Waals surface area contributed by atoms with Crippen molar-refractivity contribution in [3.05, 3.63) is 150 Å². The zero-order valence-corrected chi connectivity index (χ0v) is 30.2. The third-order valence-electron chi connectivity index (χ3n) is 13.5. The van der Waals surface area contributed by atoms with Crippen LogP contribution in [0.25, 0.3) is 33.0 Å². The van der Waals surface area contributed by atoms with Crippen molar-refractivity contribution in [3.63, 3.8) is 0 Å². The van der Waals surface area contributed by atoms with Crippen molar-refractivity contribution in [2.24, 2.45) is 11.8 Å². The topological polar surface area (TPSA) is 3.24 Å². The van der Waals surface area contributed by atoms with Crippen LogP contribution in [0.2, 0.25) is 0 Å². The molecule has 0 saturated heterocycles. The molecular formula is C50H49N. The Morgan fingerprint density at radius 2 is 1.37 bits per heavy atom. The van der Waals surface area contributed by atoms with Gasteiger partial charge < -0.3 is 4.90 Å². The molecule has 254 valence electrons. The predicted octanol–water partition coefficient (Wildman–Crippen LogP) is 14.2. The van der Waals surface area contributed by atoms with Crippen molar-refractivity contribution < 1.29 is 0 Å². The Morgan fingerprint density at radius 1 is 0.588 bits per heavy atom. The smallest absolute Gasteiger partial charge is 0.0546 e. The van der Waals surface area contributed by atoms with Crippen molar-refractivity contribution in [2.45, 2.75) is 88.9 Å². The van der Waals surface area contributed by atoms with Crippen LogP contribution in [-0.4, -0.2) is 0 Å². The number of rotatable bonds is 6. The Morgan fingerprint density at radius 3 is 2.16 bits per heavy atom. The van der Waals surface area contributed by atoms with Gasteiger partial charge in [-0.15, -0.1) is 0 Å². The Bertz CT molecular complexity index is 2240. The van der Waals surface area contributed by atoms with E-state index in [2.05, 4.69) is 146 Å². The molecule has 3 fully saturated rings. The summed E-state index contributed by atoms with van der Waals surface area (Å²) in [6.45, 7) is 4.90. The van der Waals surface area contributed by atoms with Crippen LogP contribution < -0.4 is 4.90 Å². The Labute approximate surface area is 304 Å². The van der Waals surface area contributed by atoms with Gasteiger partial charge in [-0.2, -0.15) is 0 Å². The highest BCUT2D eigenvalue weighted by atomic mass is 15.1. The summed E-state index contributed by atoms with van der Waals surface area (Å²) in [5.41, 5.74) is 15.2. The van der Waals surface area contributed by atoms with Crippen molar-refractivity contribution >= 4 is 27.8 Å². The van der Waals surface area contributed by atoms with Crippen molar-refractivity contribution in [1.29, 1.82) is 0 Å². The van der Waals surface area contributed by atoms with Crippen LogP contribution in [0.3, 0.4) is 0 Å².